The predicted octanol–water partition coefficient (Wildman–Crippen LogP) is 0.269. The predicted molar refractivity (Wildman–Crippen MR) is 74.7 cm³/mol. The fourth-order valence-electron chi connectivity index (χ4n) is 1.70. The Hall–Kier alpha value is -0.650. The summed E-state index contributed by atoms with van der Waals surface area (Å²) in [5.41, 5.74) is 0. The molecule has 1 atom stereocenters. The van der Waals surface area contributed by atoms with Gasteiger partial charge in [0.25, 0.3) is 0 Å². The molecule has 108 valence electrons. The Bertz CT molecular complexity index is 220. The molecule has 0 amide bonds. The first kappa shape index (κ1) is 17.4. The summed E-state index contributed by atoms with van der Waals surface area (Å²) in [6.45, 7) is 3.58. The van der Waals surface area contributed by atoms with E-state index >= 15 is 0 Å². The van der Waals surface area contributed by atoms with E-state index in [1.165, 1.54) is 7.11 Å². The van der Waals surface area contributed by atoms with E-state index in [1.807, 2.05) is 28.2 Å². The fourth-order valence-corrected chi connectivity index (χ4v) is 1.70. The SMILES string of the molecule is COC(=O)C(CCCN(C)C)CNCCN(C)C. The third-order valence-corrected chi connectivity index (χ3v) is 2.82. The molecule has 0 aromatic rings. The van der Waals surface area contributed by atoms with Crippen LogP contribution in [0.5, 0.6) is 0 Å². The van der Waals surface area contributed by atoms with Crippen LogP contribution in [0.15, 0.2) is 0 Å². The van der Waals surface area contributed by atoms with Crippen molar-refractivity contribution in [1.82, 2.24) is 15.1 Å². The lowest BCUT2D eigenvalue weighted by molar-refractivity contribution is -0.145. The summed E-state index contributed by atoms with van der Waals surface area (Å²) in [6, 6.07) is 0. The van der Waals surface area contributed by atoms with Crippen molar-refractivity contribution in [3.05, 3.63) is 0 Å². The van der Waals surface area contributed by atoms with Gasteiger partial charge in [0, 0.05) is 19.6 Å². The smallest absolute Gasteiger partial charge is 0.309 e. The Balaban J connectivity index is 3.88. The number of nitrogens with zero attached hydrogens (tertiary/aromatic N) is 2. The van der Waals surface area contributed by atoms with Crippen molar-refractivity contribution in [2.45, 2.75) is 12.8 Å². The fraction of sp³-hybridized carbons (Fsp3) is 0.923. The lowest BCUT2D eigenvalue weighted by Gasteiger charge is -2.17. The molecular weight excluding hydrogens is 230 g/mol. The van der Waals surface area contributed by atoms with Crippen molar-refractivity contribution in [2.75, 3.05) is 61.5 Å². The minimum atomic E-state index is -0.105. The molecule has 5 heteroatoms. The number of hydrogen-bond donors (Lipinski definition) is 1. The van der Waals surface area contributed by atoms with Crippen LogP contribution in [-0.4, -0.2) is 77.2 Å². The molecule has 0 spiro atoms. The number of carbonyl (C=O) groups is 1. The van der Waals surface area contributed by atoms with E-state index in [4.69, 9.17) is 4.74 Å². The molecule has 0 saturated carbocycles. The quantitative estimate of drug-likeness (QED) is 0.451. The molecule has 0 aromatic carbocycles. The molecule has 5 nitrogen and oxygen atoms in total. The van der Waals surface area contributed by atoms with Gasteiger partial charge in [-0.3, -0.25) is 4.79 Å². The van der Waals surface area contributed by atoms with E-state index in [0.29, 0.717) is 6.54 Å². The highest BCUT2D eigenvalue weighted by Crippen LogP contribution is 2.08. The van der Waals surface area contributed by atoms with Gasteiger partial charge in [-0.2, -0.15) is 0 Å². The van der Waals surface area contributed by atoms with E-state index in [2.05, 4.69) is 15.1 Å². The van der Waals surface area contributed by atoms with Gasteiger partial charge in [-0.25, -0.2) is 0 Å². The van der Waals surface area contributed by atoms with Crippen LogP contribution >= 0.6 is 0 Å². The van der Waals surface area contributed by atoms with Crippen molar-refractivity contribution >= 4 is 5.97 Å². The molecular formula is C13H29N3O2. The van der Waals surface area contributed by atoms with Crippen LogP contribution in [0.25, 0.3) is 0 Å². The third-order valence-electron chi connectivity index (χ3n) is 2.82. The van der Waals surface area contributed by atoms with Gasteiger partial charge in [0.1, 0.15) is 0 Å². The van der Waals surface area contributed by atoms with Gasteiger partial charge in [0.15, 0.2) is 0 Å². The van der Waals surface area contributed by atoms with E-state index in [1.54, 1.807) is 0 Å². The summed E-state index contributed by atoms with van der Waals surface area (Å²) >= 11 is 0. The standard InChI is InChI=1S/C13H29N3O2/c1-15(2)9-6-7-12(13(17)18-5)11-14-8-10-16(3)4/h12,14H,6-11H2,1-5H3. The largest absolute Gasteiger partial charge is 0.469 e. The first-order chi connectivity index (χ1) is 8.47. The molecule has 1 unspecified atom stereocenters. The van der Waals surface area contributed by atoms with E-state index in [0.717, 1.165) is 32.5 Å². The molecule has 0 aliphatic heterocycles. The van der Waals surface area contributed by atoms with E-state index in [9.17, 15) is 4.79 Å². The maximum absolute atomic E-state index is 11.6. The molecule has 0 fully saturated rings. The zero-order valence-electron chi connectivity index (χ0n) is 12.5. The van der Waals surface area contributed by atoms with Crippen LogP contribution in [0.3, 0.4) is 0 Å². The molecule has 0 aliphatic rings. The second-order valence-electron chi connectivity index (χ2n) is 5.17. The minimum Gasteiger partial charge on any atom is -0.469 e. The zero-order chi connectivity index (χ0) is 14.0. The molecule has 0 rings (SSSR count). The monoisotopic (exact) mass is 259 g/mol. The second-order valence-corrected chi connectivity index (χ2v) is 5.17. The first-order valence-electron chi connectivity index (χ1n) is 6.55. The highest BCUT2D eigenvalue weighted by atomic mass is 16.5. The van der Waals surface area contributed by atoms with Crippen LogP contribution in [-0.2, 0) is 9.53 Å². The maximum atomic E-state index is 11.6. The van der Waals surface area contributed by atoms with Crippen LogP contribution < -0.4 is 5.32 Å². The molecule has 0 aliphatic carbocycles. The Morgan fingerprint density at radius 3 is 2.28 bits per heavy atom. The van der Waals surface area contributed by atoms with E-state index < -0.39 is 0 Å². The third kappa shape index (κ3) is 9.39. The Morgan fingerprint density at radius 2 is 1.78 bits per heavy atom. The molecule has 0 saturated heterocycles. The number of esters is 1. The van der Waals surface area contributed by atoms with Crippen molar-refractivity contribution in [2.24, 2.45) is 5.92 Å². The van der Waals surface area contributed by atoms with Crippen molar-refractivity contribution < 1.29 is 9.53 Å². The number of hydrogen-bond acceptors (Lipinski definition) is 5. The Kier molecular flexibility index (Phi) is 9.92. The molecule has 0 bridgehead atoms. The average molecular weight is 259 g/mol. The van der Waals surface area contributed by atoms with Crippen molar-refractivity contribution in [3.63, 3.8) is 0 Å². The number of ether oxygens (including phenoxy) is 1. The number of carbonyl (C=O) groups excluding carboxylic acids is 1. The highest BCUT2D eigenvalue weighted by molar-refractivity contribution is 5.72. The normalized spacial score (nSPS) is 13.1. The number of rotatable bonds is 10. The molecule has 1 N–H and O–H groups in total. The highest BCUT2D eigenvalue weighted by Gasteiger charge is 2.18. The number of methoxy groups -OCH3 is 1. The van der Waals surface area contributed by atoms with Gasteiger partial charge < -0.3 is 19.9 Å². The minimum absolute atomic E-state index is 0.0305. The van der Waals surface area contributed by atoms with Gasteiger partial charge in [-0.05, 0) is 47.6 Å². The summed E-state index contributed by atoms with van der Waals surface area (Å²) < 4.78 is 4.85. The van der Waals surface area contributed by atoms with Gasteiger partial charge >= 0.3 is 5.97 Å². The molecule has 0 heterocycles. The van der Waals surface area contributed by atoms with Gasteiger partial charge in [0.2, 0.25) is 0 Å². The zero-order valence-corrected chi connectivity index (χ0v) is 12.5. The number of nitrogens with one attached hydrogen (secondary N) is 1. The first-order valence-corrected chi connectivity index (χ1v) is 6.55. The molecule has 18 heavy (non-hydrogen) atoms. The van der Waals surface area contributed by atoms with Crippen LogP contribution in [0.1, 0.15) is 12.8 Å². The van der Waals surface area contributed by atoms with Crippen molar-refractivity contribution in [1.29, 1.82) is 0 Å². The summed E-state index contributed by atoms with van der Waals surface area (Å²) in [5, 5.41) is 3.31. The lowest BCUT2D eigenvalue weighted by Crippen LogP contribution is -2.34. The second kappa shape index (κ2) is 10.3. The van der Waals surface area contributed by atoms with E-state index in [-0.39, 0.29) is 11.9 Å². The summed E-state index contributed by atoms with van der Waals surface area (Å²) in [7, 11) is 9.62. The van der Waals surface area contributed by atoms with Crippen LogP contribution in [0, 0.1) is 5.92 Å². The van der Waals surface area contributed by atoms with Crippen LogP contribution in [0.4, 0.5) is 0 Å². The molecule has 0 aromatic heterocycles. The lowest BCUT2D eigenvalue weighted by atomic mass is 10.0. The Labute approximate surface area is 111 Å². The summed E-state index contributed by atoms with van der Waals surface area (Å²) in [5.74, 6) is -0.136. The average Bonchev–Trinajstić information content (AvgIpc) is 2.30. The van der Waals surface area contributed by atoms with Crippen molar-refractivity contribution in [3.8, 4) is 0 Å². The molecule has 0 radical (unpaired) electrons. The Morgan fingerprint density at radius 1 is 1.17 bits per heavy atom. The topological polar surface area (TPSA) is 44.8 Å². The van der Waals surface area contributed by atoms with Gasteiger partial charge in [-0.1, -0.05) is 0 Å². The van der Waals surface area contributed by atoms with Gasteiger partial charge in [-0.15, -0.1) is 0 Å². The summed E-state index contributed by atoms with van der Waals surface area (Å²) in [4.78, 5) is 15.9. The maximum Gasteiger partial charge on any atom is 0.309 e. The summed E-state index contributed by atoms with van der Waals surface area (Å²) in [6.07, 6.45) is 1.89. The van der Waals surface area contributed by atoms with Crippen LogP contribution in [0.2, 0.25) is 0 Å². The van der Waals surface area contributed by atoms with Gasteiger partial charge in [0.05, 0.1) is 13.0 Å². The number of likely N-dealkylation sites (N-methyl/N-ethyl adjacent to an activating group) is 1.